The Labute approximate surface area is 151 Å². The first kappa shape index (κ1) is 17.4. The Bertz CT molecular complexity index is 776. The van der Waals surface area contributed by atoms with Gasteiger partial charge in [0, 0.05) is 35.2 Å². The number of nitrogens with one attached hydrogen (secondary N) is 1. The third-order valence-corrected chi connectivity index (χ3v) is 4.86. The summed E-state index contributed by atoms with van der Waals surface area (Å²) >= 11 is 5.94. The molecule has 1 aliphatic carbocycles. The Hall–Kier alpha value is -2.40. The highest BCUT2D eigenvalue weighted by molar-refractivity contribution is 6.30. The first-order valence-corrected chi connectivity index (χ1v) is 8.71. The van der Waals surface area contributed by atoms with Crippen molar-refractivity contribution < 1.29 is 9.72 Å². The van der Waals surface area contributed by atoms with Crippen molar-refractivity contribution in [3.05, 3.63) is 69.2 Å². The molecule has 5 nitrogen and oxygen atoms in total. The first-order valence-electron chi connectivity index (χ1n) is 8.34. The summed E-state index contributed by atoms with van der Waals surface area (Å²) in [5.74, 6) is 0.0238. The second-order valence-electron chi connectivity index (χ2n) is 6.30. The van der Waals surface area contributed by atoms with Gasteiger partial charge in [-0.05, 0) is 42.7 Å². The van der Waals surface area contributed by atoms with Crippen LogP contribution in [0.4, 0.5) is 11.4 Å². The zero-order valence-electron chi connectivity index (χ0n) is 13.7. The quantitative estimate of drug-likeness (QED) is 0.591. The molecule has 2 unspecified atom stereocenters. The summed E-state index contributed by atoms with van der Waals surface area (Å²) in [4.78, 5) is 23.2. The summed E-state index contributed by atoms with van der Waals surface area (Å²) in [6, 6.07) is 13.5. The van der Waals surface area contributed by atoms with Crippen LogP contribution in [0.15, 0.2) is 48.5 Å². The van der Waals surface area contributed by atoms with Crippen LogP contribution in [0.2, 0.25) is 5.02 Å². The number of benzene rings is 2. The molecule has 0 heterocycles. The van der Waals surface area contributed by atoms with Crippen molar-refractivity contribution in [2.75, 3.05) is 5.32 Å². The summed E-state index contributed by atoms with van der Waals surface area (Å²) < 4.78 is 0. The number of anilines is 1. The van der Waals surface area contributed by atoms with Crippen LogP contribution in [0.25, 0.3) is 0 Å². The SMILES string of the molecule is O=C1CCCCC1C(Nc1ccc(Cl)cc1)c1cccc([N+](=O)[O-])c1. The van der Waals surface area contributed by atoms with E-state index in [1.165, 1.54) is 6.07 Å². The van der Waals surface area contributed by atoms with Gasteiger partial charge in [-0.3, -0.25) is 14.9 Å². The fourth-order valence-electron chi connectivity index (χ4n) is 3.34. The number of halogens is 1. The van der Waals surface area contributed by atoms with E-state index in [0.717, 1.165) is 30.5 Å². The van der Waals surface area contributed by atoms with E-state index in [0.29, 0.717) is 11.4 Å². The normalized spacial score (nSPS) is 18.6. The number of hydrogen-bond acceptors (Lipinski definition) is 4. The number of nitrogens with zero attached hydrogens (tertiary/aromatic N) is 1. The number of nitro groups is 1. The fraction of sp³-hybridized carbons (Fsp3) is 0.316. The molecule has 0 spiro atoms. The number of non-ortho nitro benzene ring substituents is 1. The van der Waals surface area contributed by atoms with Crippen molar-refractivity contribution in [1.29, 1.82) is 0 Å². The van der Waals surface area contributed by atoms with Gasteiger partial charge in [-0.15, -0.1) is 0 Å². The minimum absolute atomic E-state index is 0.0312. The predicted octanol–water partition coefficient (Wildman–Crippen LogP) is 5.16. The van der Waals surface area contributed by atoms with Crippen LogP contribution in [0.5, 0.6) is 0 Å². The Kier molecular flexibility index (Phi) is 5.34. The van der Waals surface area contributed by atoms with Crippen molar-refractivity contribution in [2.45, 2.75) is 31.7 Å². The van der Waals surface area contributed by atoms with Crippen molar-refractivity contribution in [1.82, 2.24) is 0 Å². The standard InChI is InChI=1S/C19H19ClN2O3/c20-14-8-10-15(11-9-14)21-19(17-6-1-2-7-18(17)23)13-4-3-5-16(12-13)22(24)25/h3-5,8-12,17,19,21H,1-2,6-7H2. The van der Waals surface area contributed by atoms with E-state index in [2.05, 4.69) is 5.32 Å². The van der Waals surface area contributed by atoms with Crippen molar-refractivity contribution in [2.24, 2.45) is 5.92 Å². The summed E-state index contributed by atoms with van der Waals surface area (Å²) in [5, 5.41) is 15.1. The van der Waals surface area contributed by atoms with Crippen LogP contribution in [0, 0.1) is 16.0 Å². The highest BCUT2D eigenvalue weighted by atomic mass is 35.5. The minimum Gasteiger partial charge on any atom is -0.377 e. The van der Waals surface area contributed by atoms with E-state index < -0.39 is 4.92 Å². The molecule has 6 heteroatoms. The largest absolute Gasteiger partial charge is 0.377 e. The molecular weight excluding hydrogens is 340 g/mol. The molecule has 0 radical (unpaired) electrons. The van der Waals surface area contributed by atoms with Gasteiger partial charge in [-0.1, -0.05) is 30.2 Å². The maximum atomic E-state index is 12.5. The molecule has 2 atom stereocenters. The Morgan fingerprint density at radius 1 is 1.16 bits per heavy atom. The van der Waals surface area contributed by atoms with E-state index in [4.69, 9.17) is 11.6 Å². The summed E-state index contributed by atoms with van der Waals surface area (Å²) in [6.07, 6.45) is 3.26. The van der Waals surface area contributed by atoms with Gasteiger partial charge in [0.05, 0.1) is 11.0 Å². The van der Waals surface area contributed by atoms with Gasteiger partial charge in [-0.25, -0.2) is 0 Å². The Balaban J connectivity index is 1.96. The third kappa shape index (κ3) is 4.17. The first-order chi connectivity index (χ1) is 12.0. The predicted molar refractivity (Wildman–Crippen MR) is 97.9 cm³/mol. The lowest BCUT2D eigenvalue weighted by Gasteiger charge is -2.31. The van der Waals surface area contributed by atoms with E-state index in [1.54, 1.807) is 24.3 Å². The van der Waals surface area contributed by atoms with E-state index in [9.17, 15) is 14.9 Å². The van der Waals surface area contributed by atoms with Gasteiger partial charge >= 0.3 is 0 Å². The van der Waals surface area contributed by atoms with Crippen LogP contribution < -0.4 is 5.32 Å². The highest BCUT2D eigenvalue weighted by Crippen LogP contribution is 2.36. The van der Waals surface area contributed by atoms with Gasteiger partial charge in [0.2, 0.25) is 0 Å². The van der Waals surface area contributed by atoms with Crippen LogP contribution in [-0.4, -0.2) is 10.7 Å². The average Bonchev–Trinajstić information content (AvgIpc) is 2.62. The molecule has 1 aliphatic rings. The van der Waals surface area contributed by atoms with Crippen molar-refractivity contribution in [3.8, 4) is 0 Å². The van der Waals surface area contributed by atoms with Gasteiger partial charge < -0.3 is 5.32 Å². The van der Waals surface area contributed by atoms with Gasteiger partial charge in [0.25, 0.3) is 5.69 Å². The molecule has 0 aromatic heterocycles. The van der Waals surface area contributed by atoms with Gasteiger partial charge in [0.15, 0.2) is 0 Å². The Morgan fingerprint density at radius 3 is 2.60 bits per heavy atom. The molecule has 3 rings (SSSR count). The van der Waals surface area contributed by atoms with Crippen LogP contribution in [-0.2, 0) is 4.79 Å². The van der Waals surface area contributed by atoms with Crippen LogP contribution >= 0.6 is 11.6 Å². The summed E-state index contributed by atoms with van der Waals surface area (Å²) in [5.41, 5.74) is 1.62. The highest BCUT2D eigenvalue weighted by Gasteiger charge is 2.32. The molecule has 1 fully saturated rings. The van der Waals surface area contributed by atoms with Crippen molar-refractivity contribution in [3.63, 3.8) is 0 Å². The molecule has 0 aliphatic heterocycles. The fourth-order valence-corrected chi connectivity index (χ4v) is 3.46. The number of Topliss-reactive ketones (excluding diaryl/α,β-unsaturated/α-hetero) is 1. The lowest BCUT2D eigenvalue weighted by Crippen LogP contribution is -2.30. The Morgan fingerprint density at radius 2 is 1.92 bits per heavy atom. The third-order valence-electron chi connectivity index (χ3n) is 4.61. The molecule has 1 saturated carbocycles. The number of hydrogen-bond donors (Lipinski definition) is 1. The smallest absolute Gasteiger partial charge is 0.269 e. The molecule has 2 aromatic rings. The second-order valence-corrected chi connectivity index (χ2v) is 6.74. The minimum atomic E-state index is -0.411. The molecule has 25 heavy (non-hydrogen) atoms. The second kappa shape index (κ2) is 7.66. The maximum Gasteiger partial charge on any atom is 0.269 e. The number of carbonyl (C=O) groups is 1. The molecule has 0 bridgehead atoms. The topological polar surface area (TPSA) is 72.2 Å². The monoisotopic (exact) mass is 358 g/mol. The molecule has 0 amide bonds. The van der Waals surface area contributed by atoms with Gasteiger partial charge in [0.1, 0.15) is 5.78 Å². The molecule has 1 N–H and O–H groups in total. The molecular formula is C19H19ClN2O3. The molecule has 0 saturated heterocycles. The van der Waals surface area contributed by atoms with Crippen molar-refractivity contribution >= 4 is 28.8 Å². The van der Waals surface area contributed by atoms with Gasteiger partial charge in [-0.2, -0.15) is 0 Å². The average molecular weight is 359 g/mol. The van der Waals surface area contributed by atoms with E-state index >= 15 is 0 Å². The zero-order chi connectivity index (χ0) is 17.8. The zero-order valence-corrected chi connectivity index (χ0v) is 14.4. The molecule has 2 aromatic carbocycles. The number of rotatable bonds is 5. The molecule has 130 valence electrons. The lowest BCUT2D eigenvalue weighted by atomic mass is 9.80. The lowest BCUT2D eigenvalue weighted by molar-refractivity contribution is -0.384. The van der Waals surface area contributed by atoms with E-state index in [1.807, 2.05) is 18.2 Å². The number of carbonyl (C=O) groups excluding carboxylic acids is 1. The number of nitro benzene ring substituents is 1. The van der Waals surface area contributed by atoms with E-state index in [-0.39, 0.29) is 23.4 Å². The maximum absolute atomic E-state index is 12.5. The number of ketones is 1. The van der Waals surface area contributed by atoms with Crippen LogP contribution in [0.1, 0.15) is 37.3 Å². The summed E-state index contributed by atoms with van der Waals surface area (Å²) in [7, 11) is 0. The summed E-state index contributed by atoms with van der Waals surface area (Å²) in [6.45, 7) is 0. The van der Waals surface area contributed by atoms with Crippen LogP contribution in [0.3, 0.4) is 0 Å².